The molecule has 1 aromatic rings. The molecule has 0 aliphatic rings. The fourth-order valence-electron chi connectivity index (χ4n) is 1.38. The third-order valence-electron chi connectivity index (χ3n) is 1.86. The van der Waals surface area contributed by atoms with Crippen molar-refractivity contribution in [1.82, 2.24) is 0 Å². The first-order chi connectivity index (χ1) is 6.40. The van der Waals surface area contributed by atoms with Crippen molar-refractivity contribution in [3.8, 4) is 0 Å². The first-order valence-corrected chi connectivity index (χ1v) is 8.25. The Kier molecular flexibility index (Phi) is 3.16. The summed E-state index contributed by atoms with van der Waals surface area (Å²) in [5.41, 5.74) is 0. The molecule has 0 spiro atoms. The Balaban J connectivity index is 3.19. The molecule has 76 valence electrons. The summed E-state index contributed by atoms with van der Waals surface area (Å²) >= 11 is 0. The predicted octanol–water partition coefficient (Wildman–Crippen LogP) is 2.08. The first kappa shape index (κ1) is 11.1. The van der Waals surface area contributed by atoms with Gasteiger partial charge in [0.25, 0.3) is 0 Å². The standard InChI is InChI=1S/C12H18OSi/c1-10-8-6-7-9-12(10)11(2)13-14(3,4)5/h6-9H,1H2,2-5H3/b12-11+. The van der Waals surface area contributed by atoms with Crippen LogP contribution in [-0.4, -0.2) is 8.32 Å². The minimum atomic E-state index is -1.49. The minimum absolute atomic E-state index is 0.995. The summed E-state index contributed by atoms with van der Waals surface area (Å²) in [6, 6.07) is 8.07. The average Bonchev–Trinajstić information content (AvgIpc) is 2.01. The van der Waals surface area contributed by atoms with Crippen LogP contribution in [0.4, 0.5) is 0 Å². The zero-order chi connectivity index (χ0) is 10.8. The van der Waals surface area contributed by atoms with Crippen molar-refractivity contribution in [2.45, 2.75) is 26.6 Å². The van der Waals surface area contributed by atoms with Crippen LogP contribution in [0.5, 0.6) is 0 Å². The second-order valence-electron chi connectivity index (χ2n) is 4.43. The normalized spacial score (nSPS) is 13.7. The monoisotopic (exact) mass is 206 g/mol. The van der Waals surface area contributed by atoms with Gasteiger partial charge in [0, 0.05) is 5.22 Å². The van der Waals surface area contributed by atoms with Gasteiger partial charge in [-0.15, -0.1) is 0 Å². The second-order valence-corrected chi connectivity index (χ2v) is 8.86. The van der Waals surface area contributed by atoms with Crippen molar-refractivity contribution in [3.63, 3.8) is 0 Å². The largest absolute Gasteiger partial charge is 0.547 e. The van der Waals surface area contributed by atoms with Crippen LogP contribution in [0.1, 0.15) is 6.92 Å². The van der Waals surface area contributed by atoms with Crippen molar-refractivity contribution in [1.29, 1.82) is 0 Å². The zero-order valence-corrected chi connectivity index (χ0v) is 10.4. The van der Waals surface area contributed by atoms with Gasteiger partial charge in [-0.25, -0.2) is 0 Å². The van der Waals surface area contributed by atoms with Gasteiger partial charge in [0.05, 0.1) is 5.76 Å². The maximum atomic E-state index is 5.92. The lowest BCUT2D eigenvalue weighted by Crippen LogP contribution is -2.31. The molecule has 0 heterocycles. The molecular formula is C12H18OSi. The van der Waals surface area contributed by atoms with Crippen molar-refractivity contribution in [2.24, 2.45) is 0 Å². The van der Waals surface area contributed by atoms with Crippen molar-refractivity contribution in [3.05, 3.63) is 34.7 Å². The van der Waals surface area contributed by atoms with E-state index < -0.39 is 8.32 Å². The van der Waals surface area contributed by atoms with Gasteiger partial charge in [0.1, 0.15) is 0 Å². The maximum Gasteiger partial charge on any atom is 0.241 e. The molecule has 0 fully saturated rings. The summed E-state index contributed by atoms with van der Waals surface area (Å²) in [5, 5.41) is 2.15. The molecule has 0 saturated heterocycles. The van der Waals surface area contributed by atoms with Crippen molar-refractivity contribution in [2.75, 3.05) is 0 Å². The Bertz CT molecular complexity index is 415. The Hall–Kier alpha value is -1.02. The third-order valence-corrected chi connectivity index (χ3v) is 2.77. The van der Waals surface area contributed by atoms with E-state index in [1.807, 2.05) is 25.1 Å². The number of benzene rings is 1. The summed E-state index contributed by atoms with van der Waals surface area (Å²) in [7, 11) is -1.49. The summed E-state index contributed by atoms with van der Waals surface area (Å²) < 4.78 is 5.92. The van der Waals surface area contributed by atoms with Gasteiger partial charge < -0.3 is 4.43 Å². The molecule has 0 radical (unpaired) electrons. The summed E-state index contributed by atoms with van der Waals surface area (Å²) in [4.78, 5) is 0. The molecule has 1 nitrogen and oxygen atoms in total. The summed E-state index contributed by atoms with van der Waals surface area (Å²) in [6.45, 7) is 12.6. The van der Waals surface area contributed by atoms with Gasteiger partial charge >= 0.3 is 0 Å². The van der Waals surface area contributed by atoms with E-state index in [2.05, 4.69) is 32.3 Å². The molecule has 0 unspecified atom stereocenters. The quantitative estimate of drug-likeness (QED) is 0.673. The fourth-order valence-corrected chi connectivity index (χ4v) is 2.41. The molecule has 0 atom stereocenters. The van der Waals surface area contributed by atoms with Crippen molar-refractivity contribution < 1.29 is 4.43 Å². The lowest BCUT2D eigenvalue weighted by atomic mass is 10.2. The highest BCUT2D eigenvalue weighted by atomic mass is 28.4. The van der Waals surface area contributed by atoms with Crippen LogP contribution >= 0.6 is 0 Å². The van der Waals surface area contributed by atoms with Crippen LogP contribution in [0.3, 0.4) is 0 Å². The van der Waals surface area contributed by atoms with E-state index in [0.29, 0.717) is 0 Å². The molecule has 0 saturated carbocycles. The molecular weight excluding hydrogens is 188 g/mol. The van der Waals surface area contributed by atoms with E-state index in [-0.39, 0.29) is 0 Å². The lowest BCUT2D eigenvalue weighted by Gasteiger charge is -2.19. The van der Waals surface area contributed by atoms with Gasteiger partial charge in [-0.3, -0.25) is 0 Å². The molecule has 1 aromatic carbocycles. The Labute approximate surface area is 86.9 Å². The molecule has 0 bridgehead atoms. The van der Waals surface area contributed by atoms with Crippen LogP contribution in [0.2, 0.25) is 19.6 Å². The molecule has 1 rings (SSSR count). The Morgan fingerprint density at radius 2 is 1.79 bits per heavy atom. The summed E-state index contributed by atoms with van der Waals surface area (Å²) in [5.74, 6) is 0.995. The topological polar surface area (TPSA) is 9.23 Å². The fraction of sp³-hybridized carbons (Fsp3) is 0.333. The van der Waals surface area contributed by atoms with Crippen molar-refractivity contribution >= 4 is 20.7 Å². The number of hydrogen-bond donors (Lipinski definition) is 0. The van der Waals surface area contributed by atoms with E-state index >= 15 is 0 Å². The third kappa shape index (κ3) is 3.03. The molecule has 14 heavy (non-hydrogen) atoms. The van der Waals surface area contributed by atoms with E-state index in [0.717, 1.165) is 16.2 Å². The highest BCUT2D eigenvalue weighted by molar-refractivity contribution is 6.70. The Morgan fingerprint density at radius 3 is 2.29 bits per heavy atom. The zero-order valence-electron chi connectivity index (χ0n) is 9.42. The van der Waals surface area contributed by atoms with Crippen LogP contribution < -0.4 is 10.4 Å². The van der Waals surface area contributed by atoms with E-state index in [1.165, 1.54) is 0 Å². The van der Waals surface area contributed by atoms with Crippen LogP contribution in [-0.2, 0) is 4.43 Å². The van der Waals surface area contributed by atoms with E-state index in [4.69, 9.17) is 4.43 Å². The van der Waals surface area contributed by atoms with Crippen LogP contribution in [0.25, 0.3) is 12.3 Å². The number of rotatable bonds is 2. The van der Waals surface area contributed by atoms with E-state index in [9.17, 15) is 0 Å². The van der Waals surface area contributed by atoms with Gasteiger partial charge in [-0.2, -0.15) is 0 Å². The molecule has 0 aliphatic heterocycles. The lowest BCUT2D eigenvalue weighted by molar-refractivity contribution is 0.502. The van der Waals surface area contributed by atoms with E-state index in [1.54, 1.807) is 0 Å². The average molecular weight is 206 g/mol. The first-order valence-electron chi connectivity index (χ1n) is 4.84. The molecule has 0 N–H and O–H groups in total. The Morgan fingerprint density at radius 1 is 1.21 bits per heavy atom. The smallest absolute Gasteiger partial charge is 0.241 e. The number of hydrogen-bond acceptors (Lipinski definition) is 1. The molecule has 0 aliphatic carbocycles. The summed E-state index contributed by atoms with van der Waals surface area (Å²) in [6.07, 6.45) is 0. The second kappa shape index (κ2) is 4.01. The van der Waals surface area contributed by atoms with Gasteiger partial charge in [0.15, 0.2) is 0 Å². The van der Waals surface area contributed by atoms with Gasteiger partial charge in [0.2, 0.25) is 8.32 Å². The molecule has 2 heteroatoms. The van der Waals surface area contributed by atoms with Gasteiger partial charge in [-0.1, -0.05) is 30.8 Å². The SMILES string of the molecule is C=c1cccc/c1=C(/C)O[Si](C)(C)C. The molecule has 0 amide bonds. The van der Waals surface area contributed by atoms with Gasteiger partial charge in [-0.05, 0) is 31.8 Å². The van der Waals surface area contributed by atoms with Crippen LogP contribution in [0.15, 0.2) is 24.3 Å². The predicted molar refractivity (Wildman–Crippen MR) is 64.7 cm³/mol. The van der Waals surface area contributed by atoms with Crippen LogP contribution in [0, 0.1) is 0 Å². The maximum absolute atomic E-state index is 5.92. The molecule has 0 aromatic heterocycles. The highest BCUT2D eigenvalue weighted by Crippen LogP contribution is 2.08. The highest BCUT2D eigenvalue weighted by Gasteiger charge is 2.15. The minimum Gasteiger partial charge on any atom is -0.547 e.